The van der Waals surface area contributed by atoms with Crippen LogP contribution in [0.3, 0.4) is 0 Å². The van der Waals surface area contributed by atoms with Crippen molar-refractivity contribution in [3.8, 4) is 5.88 Å². The Kier molecular flexibility index (Phi) is 5.04. The maximum absolute atomic E-state index is 5.99. The normalized spacial score (nSPS) is 15.0. The molecular weight excluding hydrogens is 354 g/mol. The minimum atomic E-state index is 0.0420. The number of hydrogen-bond donors (Lipinski definition) is 3. The molecule has 3 N–H and O–H groups in total. The Morgan fingerprint density at radius 2 is 2.00 bits per heavy atom. The molecular formula is C20H27N7O. The van der Waals surface area contributed by atoms with Crippen LogP contribution in [0.25, 0.3) is 11.0 Å². The van der Waals surface area contributed by atoms with Gasteiger partial charge in [0.05, 0.1) is 12.0 Å². The van der Waals surface area contributed by atoms with Crippen molar-refractivity contribution >= 4 is 28.5 Å². The molecule has 0 spiro atoms. The standard InChI is InChI=1S/C20H27N7O/c1-20(2,3)13-28-18-15-5-7-23-17(15)25-19(26-18)24-16-12-14(4-6-22-16)27-10-8-21-9-11-27/h4-7,12,21H,8-11,13H2,1-3H3,(H2,22,23,24,25,26). The van der Waals surface area contributed by atoms with E-state index in [9.17, 15) is 0 Å². The molecule has 0 aliphatic carbocycles. The van der Waals surface area contributed by atoms with Crippen molar-refractivity contribution in [2.75, 3.05) is 43.0 Å². The van der Waals surface area contributed by atoms with Crippen molar-refractivity contribution in [2.24, 2.45) is 5.41 Å². The third-order valence-electron chi connectivity index (χ3n) is 4.49. The highest BCUT2D eigenvalue weighted by Gasteiger charge is 2.16. The summed E-state index contributed by atoms with van der Waals surface area (Å²) in [5.41, 5.74) is 1.92. The summed E-state index contributed by atoms with van der Waals surface area (Å²) >= 11 is 0. The number of anilines is 3. The summed E-state index contributed by atoms with van der Waals surface area (Å²) in [6.07, 6.45) is 3.65. The van der Waals surface area contributed by atoms with Gasteiger partial charge in [-0.15, -0.1) is 0 Å². The molecule has 1 aliphatic rings. The minimum absolute atomic E-state index is 0.0420. The first-order valence-electron chi connectivity index (χ1n) is 9.65. The number of ether oxygens (including phenoxy) is 1. The summed E-state index contributed by atoms with van der Waals surface area (Å²) in [6.45, 7) is 10.9. The third kappa shape index (κ3) is 4.33. The molecule has 3 aromatic heterocycles. The van der Waals surface area contributed by atoms with E-state index in [1.165, 1.54) is 0 Å². The number of fused-ring (bicyclic) bond motifs is 1. The van der Waals surface area contributed by atoms with Crippen LogP contribution in [0, 0.1) is 5.41 Å². The predicted molar refractivity (Wildman–Crippen MR) is 111 cm³/mol. The van der Waals surface area contributed by atoms with E-state index in [1.807, 2.05) is 30.6 Å². The Morgan fingerprint density at radius 3 is 2.79 bits per heavy atom. The van der Waals surface area contributed by atoms with Crippen LogP contribution in [0.2, 0.25) is 0 Å². The maximum Gasteiger partial charge on any atom is 0.233 e. The van der Waals surface area contributed by atoms with Crippen molar-refractivity contribution in [2.45, 2.75) is 20.8 Å². The van der Waals surface area contributed by atoms with Crippen molar-refractivity contribution < 1.29 is 4.74 Å². The number of hydrogen-bond acceptors (Lipinski definition) is 7. The zero-order valence-corrected chi connectivity index (χ0v) is 16.6. The second-order valence-electron chi connectivity index (χ2n) is 8.20. The molecule has 4 rings (SSSR count). The molecule has 0 saturated carbocycles. The highest BCUT2D eigenvalue weighted by atomic mass is 16.5. The Balaban J connectivity index is 1.57. The highest BCUT2D eigenvalue weighted by Crippen LogP contribution is 2.27. The number of rotatable bonds is 5. The fourth-order valence-electron chi connectivity index (χ4n) is 3.09. The van der Waals surface area contributed by atoms with Gasteiger partial charge in [0.1, 0.15) is 11.5 Å². The van der Waals surface area contributed by atoms with Gasteiger partial charge < -0.3 is 25.3 Å². The van der Waals surface area contributed by atoms with Gasteiger partial charge in [0.25, 0.3) is 0 Å². The average molecular weight is 381 g/mol. The SMILES string of the molecule is CC(C)(C)COc1nc(Nc2cc(N3CCNCC3)ccn2)nc2[nH]ccc12. The second-order valence-corrected chi connectivity index (χ2v) is 8.20. The van der Waals surface area contributed by atoms with Crippen LogP contribution in [-0.4, -0.2) is 52.7 Å². The fraction of sp³-hybridized carbons (Fsp3) is 0.450. The van der Waals surface area contributed by atoms with Crippen LogP contribution in [-0.2, 0) is 0 Å². The lowest BCUT2D eigenvalue weighted by Gasteiger charge is -2.29. The van der Waals surface area contributed by atoms with E-state index in [4.69, 9.17) is 4.74 Å². The van der Waals surface area contributed by atoms with Crippen LogP contribution in [0.1, 0.15) is 20.8 Å². The lowest BCUT2D eigenvalue weighted by atomic mass is 9.99. The topological polar surface area (TPSA) is 91.0 Å². The zero-order valence-electron chi connectivity index (χ0n) is 16.6. The monoisotopic (exact) mass is 381 g/mol. The van der Waals surface area contributed by atoms with Crippen molar-refractivity contribution in [3.05, 3.63) is 30.6 Å². The quantitative estimate of drug-likeness (QED) is 0.626. The third-order valence-corrected chi connectivity index (χ3v) is 4.49. The van der Waals surface area contributed by atoms with Gasteiger partial charge in [-0.2, -0.15) is 9.97 Å². The molecule has 1 aliphatic heterocycles. The molecule has 1 fully saturated rings. The number of H-pyrrole nitrogens is 1. The van der Waals surface area contributed by atoms with Gasteiger partial charge in [-0.05, 0) is 17.5 Å². The van der Waals surface area contributed by atoms with Crippen molar-refractivity contribution in [1.29, 1.82) is 0 Å². The van der Waals surface area contributed by atoms with E-state index in [1.54, 1.807) is 0 Å². The Morgan fingerprint density at radius 1 is 1.18 bits per heavy atom. The number of piperazine rings is 1. The van der Waals surface area contributed by atoms with Crippen LogP contribution in [0.4, 0.5) is 17.5 Å². The van der Waals surface area contributed by atoms with E-state index >= 15 is 0 Å². The van der Waals surface area contributed by atoms with Crippen molar-refractivity contribution in [1.82, 2.24) is 25.3 Å². The van der Waals surface area contributed by atoms with Crippen LogP contribution < -0.4 is 20.3 Å². The second kappa shape index (κ2) is 7.63. The molecule has 0 unspecified atom stereocenters. The lowest BCUT2D eigenvalue weighted by Crippen LogP contribution is -2.43. The first-order chi connectivity index (χ1) is 13.5. The molecule has 0 bridgehead atoms. The number of nitrogens with one attached hydrogen (secondary N) is 3. The Labute approximate surface area is 164 Å². The van der Waals surface area contributed by atoms with Crippen LogP contribution >= 0.6 is 0 Å². The Bertz CT molecular complexity index is 941. The molecule has 0 aromatic carbocycles. The van der Waals surface area contributed by atoms with Gasteiger partial charge in [0, 0.05) is 50.3 Å². The van der Waals surface area contributed by atoms with Gasteiger partial charge in [0.15, 0.2) is 0 Å². The zero-order chi connectivity index (χ0) is 19.6. The van der Waals surface area contributed by atoms with E-state index in [2.05, 4.69) is 56.2 Å². The lowest BCUT2D eigenvalue weighted by molar-refractivity contribution is 0.194. The van der Waals surface area contributed by atoms with Gasteiger partial charge in [-0.1, -0.05) is 20.8 Å². The van der Waals surface area contributed by atoms with Gasteiger partial charge in [-0.25, -0.2) is 4.98 Å². The molecule has 28 heavy (non-hydrogen) atoms. The fourth-order valence-corrected chi connectivity index (χ4v) is 3.09. The summed E-state index contributed by atoms with van der Waals surface area (Å²) in [7, 11) is 0. The molecule has 3 aromatic rings. The molecule has 0 atom stereocenters. The van der Waals surface area contributed by atoms with Gasteiger partial charge in [-0.3, -0.25) is 0 Å². The molecule has 148 valence electrons. The molecule has 1 saturated heterocycles. The number of pyridine rings is 1. The average Bonchev–Trinajstić information content (AvgIpc) is 3.15. The minimum Gasteiger partial charge on any atom is -0.477 e. The summed E-state index contributed by atoms with van der Waals surface area (Å²) in [5.74, 6) is 1.74. The molecule has 8 nitrogen and oxygen atoms in total. The first-order valence-corrected chi connectivity index (χ1v) is 9.65. The van der Waals surface area contributed by atoms with Gasteiger partial charge >= 0.3 is 0 Å². The maximum atomic E-state index is 5.99. The van der Waals surface area contributed by atoms with Crippen molar-refractivity contribution in [3.63, 3.8) is 0 Å². The number of aromatic amines is 1. The van der Waals surface area contributed by atoms with Crippen LogP contribution in [0.5, 0.6) is 5.88 Å². The summed E-state index contributed by atoms with van der Waals surface area (Å²) in [4.78, 5) is 19.1. The van der Waals surface area contributed by atoms with E-state index < -0.39 is 0 Å². The number of nitrogens with zero attached hydrogens (tertiary/aromatic N) is 4. The van der Waals surface area contributed by atoms with E-state index in [0.29, 0.717) is 24.3 Å². The van der Waals surface area contributed by atoms with E-state index in [-0.39, 0.29) is 5.41 Å². The molecule has 0 amide bonds. The molecule has 0 radical (unpaired) electrons. The predicted octanol–water partition coefficient (Wildman–Crippen LogP) is 2.93. The molecule has 4 heterocycles. The van der Waals surface area contributed by atoms with E-state index in [0.717, 1.165) is 42.9 Å². The Hall–Kier alpha value is -2.87. The molecule has 8 heteroatoms. The first kappa shape index (κ1) is 18.5. The largest absolute Gasteiger partial charge is 0.477 e. The summed E-state index contributed by atoms with van der Waals surface area (Å²) < 4.78 is 5.99. The summed E-state index contributed by atoms with van der Waals surface area (Å²) in [5, 5.41) is 7.47. The summed E-state index contributed by atoms with van der Waals surface area (Å²) in [6, 6.07) is 5.99. The van der Waals surface area contributed by atoms with Gasteiger partial charge in [0.2, 0.25) is 11.8 Å². The van der Waals surface area contributed by atoms with Crippen LogP contribution in [0.15, 0.2) is 30.6 Å². The highest BCUT2D eigenvalue weighted by molar-refractivity contribution is 5.82. The number of aromatic nitrogens is 4. The smallest absolute Gasteiger partial charge is 0.233 e.